The molecular weight excluding hydrogens is 146 g/mol. The molecule has 0 radical (unpaired) electrons. The van der Waals surface area contributed by atoms with E-state index in [4.69, 9.17) is 0 Å². The molecule has 1 aliphatic rings. The zero-order valence-electron chi connectivity index (χ0n) is 8.56. The van der Waals surface area contributed by atoms with E-state index in [1.807, 2.05) is 0 Å². The monoisotopic (exact) mass is 167 g/mol. The highest BCUT2D eigenvalue weighted by atomic mass is 14.9. The van der Waals surface area contributed by atoms with Crippen LogP contribution in [0.3, 0.4) is 0 Å². The van der Waals surface area contributed by atoms with E-state index in [-0.39, 0.29) is 0 Å². The minimum atomic E-state index is 0.632. The highest BCUT2D eigenvalue weighted by Gasteiger charge is 2.23. The smallest absolute Gasteiger partial charge is 0.0254 e. The fourth-order valence-electron chi connectivity index (χ4n) is 1.59. The molecule has 0 aromatic heterocycles. The van der Waals surface area contributed by atoms with E-state index in [1.165, 1.54) is 24.8 Å². The molecule has 1 aliphatic carbocycles. The van der Waals surface area contributed by atoms with Crippen LogP contribution >= 0.6 is 0 Å². The van der Waals surface area contributed by atoms with Crippen LogP contribution < -0.4 is 5.32 Å². The zero-order chi connectivity index (χ0) is 8.97. The van der Waals surface area contributed by atoms with Crippen LogP contribution in [-0.2, 0) is 0 Å². The molecule has 1 rings (SSSR count). The topological polar surface area (TPSA) is 12.0 Å². The van der Waals surface area contributed by atoms with Gasteiger partial charge in [0.1, 0.15) is 0 Å². The van der Waals surface area contributed by atoms with Crippen LogP contribution in [0.2, 0.25) is 0 Å². The summed E-state index contributed by atoms with van der Waals surface area (Å²) in [7, 11) is 0. The van der Waals surface area contributed by atoms with Crippen LogP contribution in [0.25, 0.3) is 0 Å². The van der Waals surface area contributed by atoms with Crippen molar-refractivity contribution in [3.63, 3.8) is 0 Å². The van der Waals surface area contributed by atoms with E-state index < -0.39 is 0 Å². The second kappa shape index (κ2) is 4.66. The molecular formula is C11H21N. The average molecular weight is 167 g/mol. The number of allylic oxidation sites excluding steroid dienone is 1. The third-order valence-electron chi connectivity index (χ3n) is 2.29. The summed E-state index contributed by atoms with van der Waals surface area (Å²) in [5.74, 6) is 1.02. The van der Waals surface area contributed by atoms with Crippen molar-refractivity contribution >= 4 is 0 Å². The molecule has 0 saturated heterocycles. The summed E-state index contributed by atoms with van der Waals surface area (Å²) in [5, 5.41) is 3.51. The molecule has 1 nitrogen and oxygen atoms in total. The molecule has 0 spiro atoms. The predicted octanol–water partition coefficient (Wildman–Crippen LogP) is 2.73. The first-order valence-electron chi connectivity index (χ1n) is 5.10. The molecule has 0 aliphatic heterocycles. The Morgan fingerprint density at radius 2 is 2.17 bits per heavy atom. The second-order valence-electron chi connectivity index (χ2n) is 4.09. The third kappa shape index (κ3) is 3.91. The van der Waals surface area contributed by atoms with Crippen LogP contribution in [0.5, 0.6) is 0 Å². The predicted molar refractivity (Wildman–Crippen MR) is 54.2 cm³/mol. The molecule has 1 N–H and O–H groups in total. The van der Waals surface area contributed by atoms with Crippen molar-refractivity contribution < 1.29 is 0 Å². The van der Waals surface area contributed by atoms with E-state index in [0.29, 0.717) is 6.04 Å². The summed E-state index contributed by atoms with van der Waals surface area (Å²) < 4.78 is 0. The minimum Gasteiger partial charge on any atom is -0.311 e. The first-order chi connectivity index (χ1) is 5.72. The summed E-state index contributed by atoms with van der Waals surface area (Å²) in [6, 6.07) is 0.632. The van der Waals surface area contributed by atoms with Crippen molar-refractivity contribution in [2.45, 2.75) is 46.1 Å². The molecule has 70 valence electrons. The molecule has 0 aromatic carbocycles. The van der Waals surface area contributed by atoms with Gasteiger partial charge in [-0.05, 0) is 32.7 Å². The molecule has 1 fully saturated rings. The van der Waals surface area contributed by atoms with Crippen molar-refractivity contribution in [1.29, 1.82) is 0 Å². The van der Waals surface area contributed by atoms with Crippen LogP contribution in [0.15, 0.2) is 11.6 Å². The van der Waals surface area contributed by atoms with Gasteiger partial charge in [0.15, 0.2) is 0 Å². The summed E-state index contributed by atoms with van der Waals surface area (Å²) in [6.07, 6.45) is 6.62. The van der Waals surface area contributed by atoms with Gasteiger partial charge >= 0.3 is 0 Å². The summed E-state index contributed by atoms with van der Waals surface area (Å²) in [4.78, 5) is 0. The van der Waals surface area contributed by atoms with Crippen molar-refractivity contribution in [3.05, 3.63) is 11.6 Å². The Balaban J connectivity index is 2.30. The number of hydrogen-bond donors (Lipinski definition) is 1. The Hall–Kier alpha value is -0.300. The van der Waals surface area contributed by atoms with Gasteiger partial charge in [0.2, 0.25) is 0 Å². The Morgan fingerprint density at radius 1 is 1.50 bits per heavy atom. The van der Waals surface area contributed by atoms with Gasteiger partial charge in [0.25, 0.3) is 0 Å². The van der Waals surface area contributed by atoms with E-state index in [0.717, 1.165) is 12.5 Å². The van der Waals surface area contributed by atoms with Crippen LogP contribution in [-0.4, -0.2) is 12.6 Å². The summed E-state index contributed by atoms with van der Waals surface area (Å²) >= 11 is 0. The van der Waals surface area contributed by atoms with Crippen molar-refractivity contribution in [2.24, 2.45) is 5.92 Å². The molecule has 1 unspecified atom stereocenters. The van der Waals surface area contributed by atoms with Gasteiger partial charge in [-0.15, -0.1) is 0 Å². The lowest BCUT2D eigenvalue weighted by molar-refractivity contribution is 0.539. The van der Waals surface area contributed by atoms with Gasteiger partial charge in [-0.25, -0.2) is 0 Å². The van der Waals surface area contributed by atoms with E-state index in [2.05, 4.69) is 32.2 Å². The lowest BCUT2D eigenvalue weighted by atomic mass is 10.1. The average Bonchev–Trinajstić information content (AvgIpc) is 2.70. The summed E-state index contributed by atoms with van der Waals surface area (Å²) in [5.41, 5.74) is 1.43. The molecule has 0 heterocycles. The largest absolute Gasteiger partial charge is 0.311 e. The first-order valence-corrected chi connectivity index (χ1v) is 5.10. The number of rotatable bonds is 5. The van der Waals surface area contributed by atoms with Gasteiger partial charge in [0, 0.05) is 6.04 Å². The lowest BCUT2D eigenvalue weighted by Crippen LogP contribution is -2.27. The molecule has 1 heteroatoms. The van der Waals surface area contributed by atoms with Crippen molar-refractivity contribution in [1.82, 2.24) is 5.32 Å². The van der Waals surface area contributed by atoms with Crippen LogP contribution in [0.1, 0.15) is 40.0 Å². The Morgan fingerprint density at radius 3 is 2.58 bits per heavy atom. The standard InChI is InChI=1S/C11H21N/c1-4-12-11(7-9(2)3)8-10-5-6-10/h7,10-12H,4-6,8H2,1-3H3. The maximum atomic E-state index is 3.51. The maximum absolute atomic E-state index is 3.51. The zero-order valence-corrected chi connectivity index (χ0v) is 8.56. The van der Waals surface area contributed by atoms with Crippen molar-refractivity contribution in [2.75, 3.05) is 6.54 Å². The van der Waals surface area contributed by atoms with Gasteiger partial charge in [-0.1, -0.05) is 31.4 Å². The van der Waals surface area contributed by atoms with E-state index >= 15 is 0 Å². The second-order valence-corrected chi connectivity index (χ2v) is 4.09. The van der Waals surface area contributed by atoms with Gasteiger partial charge in [-0.2, -0.15) is 0 Å². The Kier molecular flexibility index (Phi) is 3.80. The minimum absolute atomic E-state index is 0.632. The molecule has 1 saturated carbocycles. The normalized spacial score (nSPS) is 18.9. The molecule has 0 amide bonds. The van der Waals surface area contributed by atoms with E-state index in [9.17, 15) is 0 Å². The number of hydrogen-bond acceptors (Lipinski definition) is 1. The number of likely N-dealkylation sites (N-methyl/N-ethyl adjacent to an activating group) is 1. The van der Waals surface area contributed by atoms with Crippen molar-refractivity contribution in [3.8, 4) is 0 Å². The first kappa shape index (κ1) is 9.79. The fraction of sp³-hybridized carbons (Fsp3) is 0.818. The third-order valence-corrected chi connectivity index (χ3v) is 2.29. The van der Waals surface area contributed by atoms with Gasteiger partial charge in [-0.3, -0.25) is 0 Å². The van der Waals surface area contributed by atoms with Crippen LogP contribution in [0, 0.1) is 5.92 Å². The molecule has 1 atom stereocenters. The Labute approximate surface area is 76.2 Å². The van der Waals surface area contributed by atoms with Gasteiger partial charge in [0.05, 0.1) is 0 Å². The highest BCUT2D eigenvalue weighted by Crippen LogP contribution is 2.33. The van der Waals surface area contributed by atoms with Gasteiger partial charge < -0.3 is 5.32 Å². The highest BCUT2D eigenvalue weighted by molar-refractivity contribution is 5.02. The van der Waals surface area contributed by atoms with E-state index in [1.54, 1.807) is 0 Å². The summed E-state index contributed by atoms with van der Waals surface area (Å²) in [6.45, 7) is 7.62. The molecule has 0 bridgehead atoms. The quantitative estimate of drug-likeness (QED) is 0.621. The maximum Gasteiger partial charge on any atom is 0.0254 e. The van der Waals surface area contributed by atoms with Crippen LogP contribution in [0.4, 0.5) is 0 Å². The lowest BCUT2D eigenvalue weighted by Gasteiger charge is -2.13. The SMILES string of the molecule is CCNC(C=C(C)C)CC1CC1. The Bertz CT molecular complexity index is 152. The molecule has 12 heavy (non-hydrogen) atoms. The fourth-order valence-corrected chi connectivity index (χ4v) is 1.59. The molecule has 0 aromatic rings. The number of nitrogens with one attached hydrogen (secondary N) is 1.